The highest BCUT2D eigenvalue weighted by Crippen LogP contribution is 2.41. The highest BCUT2D eigenvalue weighted by molar-refractivity contribution is 9.10. The standard InChI is InChI=1S/C12H10BrNO4S/c1-7(15)11-6-10(14(16)17)12(19-11)18-9-4-2-8(13)3-5-9/h2-7,15H,1H3. The monoisotopic (exact) mass is 343 g/mol. The van der Waals surface area contributed by atoms with Gasteiger partial charge in [-0.15, -0.1) is 0 Å². The normalized spacial score (nSPS) is 12.2. The van der Waals surface area contributed by atoms with Crippen LogP contribution in [0.2, 0.25) is 0 Å². The highest BCUT2D eigenvalue weighted by atomic mass is 79.9. The van der Waals surface area contributed by atoms with Crippen molar-refractivity contribution in [3.8, 4) is 10.8 Å². The molecule has 0 aliphatic heterocycles. The largest absolute Gasteiger partial charge is 0.440 e. The van der Waals surface area contributed by atoms with E-state index in [-0.39, 0.29) is 10.8 Å². The minimum absolute atomic E-state index is 0.135. The van der Waals surface area contributed by atoms with Crippen molar-refractivity contribution in [3.05, 3.63) is 49.8 Å². The lowest BCUT2D eigenvalue weighted by Gasteiger charge is -2.02. The molecule has 1 atom stereocenters. The molecule has 0 aliphatic carbocycles. The summed E-state index contributed by atoms with van der Waals surface area (Å²) in [5, 5.41) is 20.6. The molecule has 100 valence electrons. The van der Waals surface area contributed by atoms with Gasteiger partial charge in [0.25, 0.3) is 5.06 Å². The Kier molecular flexibility index (Phi) is 4.18. The summed E-state index contributed by atoms with van der Waals surface area (Å²) in [6.07, 6.45) is -0.758. The van der Waals surface area contributed by atoms with Gasteiger partial charge in [0.15, 0.2) is 0 Å². The van der Waals surface area contributed by atoms with Crippen LogP contribution in [0.5, 0.6) is 10.8 Å². The van der Waals surface area contributed by atoms with Gasteiger partial charge in [0, 0.05) is 15.4 Å². The number of ether oxygens (including phenoxy) is 1. The SMILES string of the molecule is CC(O)c1cc([N+](=O)[O-])c(Oc2ccc(Br)cc2)s1. The average Bonchev–Trinajstić information content (AvgIpc) is 2.76. The molecule has 1 unspecified atom stereocenters. The molecule has 2 aromatic rings. The van der Waals surface area contributed by atoms with Gasteiger partial charge in [-0.2, -0.15) is 0 Å². The zero-order valence-electron chi connectivity index (χ0n) is 9.87. The predicted molar refractivity (Wildman–Crippen MR) is 75.8 cm³/mol. The summed E-state index contributed by atoms with van der Waals surface area (Å²) in [5.41, 5.74) is -0.135. The van der Waals surface area contributed by atoms with Gasteiger partial charge in [-0.05, 0) is 31.2 Å². The van der Waals surface area contributed by atoms with Crippen LogP contribution in [0.4, 0.5) is 5.69 Å². The zero-order chi connectivity index (χ0) is 14.0. The van der Waals surface area contributed by atoms with Gasteiger partial charge >= 0.3 is 5.69 Å². The second kappa shape index (κ2) is 5.68. The third-order valence-corrected chi connectivity index (χ3v) is 4.03. The number of hydrogen-bond donors (Lipinski definition) is 1. The van der Waals surface area contributed by atoms with Crippen molar-refractivity contribution in [3.63, 3.8) is 0 Å². The summed E-state index contributed by atoms with van der Waals surface area (Å²) in [5.74, 6) is 0.505. The lowest BCUT2D eigenvalue weighted by Crippen LogP contribution is -1.89. The second-order valence-electron chi connectivity index (χ2n) is 3.81. The smallest absolute Gasteiger partial charge is 0.323 e. The van der Waals surface area contributed by atoms with Crippen molar-refractivity contribution < 1.29 is 14.8 Å². The van der Waals surface area contributed by atoms with E-state index in [2.05, 4.69) is 15.9 Å². The van der Waals surface area contributed by atoms with Crippen LogP contribution < -0.4 is 4.74 Å². The number of halogens is 1. The number of nitro groups is 1. The van der Waals surface area contributed by atoms with Crippen LogP contribution in [0.25, 0.3) is 0 Å². The van der Waals surface area contributed by atoms with Gasteiger partial charge in [0.05, 0.1) is 11.0 Å². The molecular formula is C12H10BrNO4S. The van der Waals surface area contributed by atoms with Gasteiger partial charge in [-0.1, -0.05) is 27.3 Å². The third-order valence-electron chi connectivity index (χ3n) is 2.33. The van der Waals surface area contributed by atoms with Gasteiger partial charge in [-0.3, -0.25) is 10.1 Å². The minimum atomic E-state index is -0.758. The van der Waals surface area contributed by atoms with Crippen molar-refractivity contribution in [2.45, 2.75) is 13.0 Å². The predicted octanol–water partition coefficient (Wildman–Crippen LogP) is 4.26. The Labute approximate surface area is 121 Å². The fourth-order valence-electron chi connectivity index (χ4n) is 1.40. The quantitative estimate of drug-likeness (QED) is 0.664. The molecule has 0 spiro atoms. The molecule has 19 heavy (non-hydrogen) atoms. The summed E-state index contributed by atoms with van der Waals surface area (Å²) in [6.45, 7) is 1.55. The van der Waals surface area contributed by atoms with E-state index >= 15 is 0 Å². The number of nitrogens with zero attached hydrogens (tertiary/aromatic N) is 1. The van der Waals surface area contributed by atoms with Gasteiger partial charge in [0.1, 0.15) is 5.75 Å². The summed E-state index contributed by atoms with van der Waals surface area (Å²) in [7, 11) is 0. The second-order valence-corrected chi connectivity index (χ2v) is 5.77. The van der Waals surface area contributed by atoms with Crippen molar-refractivity contribution in [1.82, 2.24) is 0 Å². The average molecular weight is 344 g/mol. The number of benzene rings is 1. The maximum absolute atomic E-state index is 10.9. The molecule has 7 heteroatoms. The van der Waals surface area contributed by atoms with Gasteiger partial charge < -0.3 is 9.84 Å². The van der Waals surface area contributed by atoms with Crippen molar-refractivity contribution in [1.29, 1.82) is 0 Å². The number of aliphatic hydroxyl groups is 1. The van der Waals surface area contributed by atoms with E-state index in [9.17, 15) is 15.2 Å². The highest BCUT2D eigenvalue weighted by Gasteiger charge is 2.22. The molecule has 1 heterocycles. The van der Waals surface area contributed by atoms with Crippen LogP contribution in [0.3, 0.4) is 0 Å². The van der Waals surface area contributed by atoms with E-state index in [1.54, 1.807) is 31.2 Å². The molecule has 1 aromatic carbocycles. The van der Waals surface area contributed by atoms with E-state index in [0.29, 0.717) is 10.6 Å². The molecule has 0 radical (unpaired) electrons. The Morgan fingerprint density at radius 2 is 2.05 bits per heavy atom. The number of thiophene rings is 1. The van der Waals surface area contributed by atoms with Crippen LogP contribution >= 0.6 is 27.3 Å². The first-order valence-corrected chi connectivity index (χ1v) is 6.98. The van der Waals surface area contributed by atoms with E-state index in [1.165, 1.54) is 6.07 Å². The first-order chi connectivity index (χ1) is 8.97. The van der Waals surface area contributed by atoms with Crippen LogP contribution in [0.1, 0.15) is 17.9 Å². The lowest BCUT2D eigenvalue weighted by atomic mass is 10.3. The fourth-order valence-corrected chi connectivity index (χ4v) is 2.59. The molecule has 0 saturated heterocycles. The van der Waals surface area contributed by atoms with Crippen molar-refractivity contribution in [2.24, 2.45) is 0 Å². The van der Waals surface area contributed by atoms with E-state index in [0.717, 1.165) is 15.8 Å². The van der Waals surface area contributed by atoms with Crippen molar-refractivity contribution >= 4 is 33.0 Å². The van der Waals surface area contributed by atoms with Crippen LogP contribution in [0.15, 0.2) is 34.8 Å². The number of aliphatic hydroxyl groups excluding tert-OH is 1. The molecule has 0 bridgehead atoms. The molecule has 0 fully saturated rings. The molecule has 2 rings (SSSR count). The number of hydrogen-bond acceptors (Lipinski definition) is 5. The molecule has 1 N–H and O–H groups in total. The molecule has 0 aliphatic rings. The third kappa shape index (κ3) is 3.31. The minimum Gasteiger partial charge on any atom is -0.440 e. The summed E-state index contributed by atoms with van der Waals surface area (Å²) >= 11 is 4.37. The maximum Gasteiger partial charge on any atom is 0.323 e. The van der Waals surface area contributed by atoms with Crippen molar-refractivity contribution in [2.75, 3.05) is 0 Å². The van der Waals surface area contributed by atoms with Gasteiger partial charge in [0.2, 0.25) is 0 Å². The molecular weight excluding hydrogens is 334 g/mol. The van der Waals surface area contributed by atoms with Crippen LogP contribution in [-0.2, 0) is 0 Å². The Hall–Kier alpha value is -1.44. The van der Waals surface area contributed by atoms with Crippen LogP contribution in [-0.4, -0.2) is 10.0 Å². The Morgan fingerprint density at radius 1 is 1.42 bits per heavy atom. The van der Waals surface area contributed by atoms with E-state index < -0.39 is 11.0 Å². The topological polar surface area (TPSA) is 72.6 Å². The Balaban J connectivity index is 2.33. The first kappa shape index (κ1) is 14.0. The van der Waals surface area contributed by atoms with Crippen LogP contribution in [0, 0.1) is 10.1 Å². The number of rotatable bonds is 4. The Morgan fingerprint density at radius 3 is 2.58 bits per heavy atom. The first-order valence-electron chi connectivity index (χ1n) is 5.37. The molecule has 0 amide bonds. The zero-order valence-corrected chi connectivity index (χ0v) is 12.3. The molecule has 5 nitrogen and oxygen atoms in total. The maximum atomic E-state index is 10.9. The summed E-state index contributed by atoms with van der Waals surface area (Å²) < 4.78 is 6.40. The summed E-state index contributed by atoms with van der Waals surface area (Å²) in [4.78, 5) is 10.9. The van der Waals surface area contributed by atoms with Gasteiger partial charge in [-0.25, -0.2) is 0 Å². The molecule has 0 saturated carbocycles. The fraction of sp³-hybridized carbons (Fsp3) is 0.167. The van der Waals surface area contributed by atoms with E-state index in [1.807, 2.05) is 0 Å². The molecule has 1 aromatic heterocycles. The van der Waals surface area contributed by atoms with E-state index in [4.69, 9.17) is 4.74 Å². The lowest BCUT2D eigenvalue weighted by molar-refractivity contribution is -0.385. The Bertz CT molecular complexity index is 594. The summed E-state index contributed by atoms with van der Waals surface area (Å²) in [6, 6.07) is 8.31.